The Morgan fingerprint density at radius 2 is 1.79 bits per heavy atom. The fraction of sp³-hybridized carbons (Fsp3) is 0.467. The third kappa shape index (κ3) is 3.81. The van der Waals surface area contributed by atoms with Crippen LogP contribution in [0.1, 0.15) is 49.5 Å². The first kappa shape index (κ1) is 15.2. The van der Waals surface area contributed by atoms with Crippen LogP contribution in [0.3, 0.4) is 0 Å². The largest absolute Gasteiger partial charge is 0.480 e. The first-order valence-electron chi connectivity index (χ1n) is 6.57. The molecular weight excluding hydrogens is 242 g/mol. The SMILES string of the molecule is CCCc1ccc(C(=O)NC(C)(CC)C(=O)O)cc1. The highest BCUT2D eigenvalue weighted by molar-refractivity contribution is 5.97. The van der Waals surface area contributed by atoms with Gasteiger partial charge in [0, 0.05) is 5.56 Å². The number of carbonyl (C=O) groups excluding carboxylic acids is 1. The fourth-order valence-electron chi connectivity index (χ4n) is 1.73. The number of hydrogen-bond donors (Lipinski definition) is 2. The molecule has 0 radical (unpaired) electrons. The molecule has 0 saturated heterocycles. The first-order valence-corrected chi connectivity index (χ1v) is 6.57. The quantitative estimate of drug-likeness (QED) is 0.829. The molecule has 0 heterocycles. The second kappa shape index (κ2) is 6.36. The molecule has 0 spiro atoms. The summed E-state index contributed by atoms with van der Waals surface area (Å²) in [5.74, 6) is -1.37. The molecule has 1 unspecified atom stereocenters. The van der Waals surface area contributed by atoms with Crippen molar-refractivity contribution >= 4 is 11.9 Å². The molecule has 4 heteroatoms. The van der Waals surface area contributed by atoms with Gasteiger partial charge in [0.15, 0.2) is 0 Å². The summed E-state index contributed by atoms with van der Waals surface area (Å²) >= 11 is 0. The lowest BCUT2D eigenvalue weighted by Crippen LogP contribution is -2.51. The van der Waals surface area contributed by atoms with Crippen LogP contribution >= 0.6 is 0 Å². The fourth-order valence-corrected chi connectivity index (χ4v) is 1.73. The zero-order valence-corrected chi connectivity index (χ0v) is 11.7. The molecule has 2 N–H and O–H groups in total. The number of rotatable bonds is 6. The number of aryl methyl sites for hydroxylation is 1. The maximum Gasteiger partial charge on any atom is 0.329 e. The predicted molar refractivity (Wildman–Crippen MR) is 74.2 cm³/mol. The summed E-state index contributed by atoms with van der Waals surface area (Å²) in [6.45, 7) is 5.34. The van der Waals surface area contributed by atoms with Gasteiger partial charge in [-0.25, -0.2) is 4.79 Å². The maximum atomic E-state index is 12.0. The third-order valence-electron chi connectivity index (χ3n) is 3.32. The Morgan fingerprint density at radius 3 is 2.21 bits per heavy atom. The van der Waals surface area contributed by atoms with Gasteiger partial charge >= 0.3 is 5.97 Å². The van der Waals surface area contributed by atoms with E-state index in [2.05, 4.69) is 12.2 Å². The van der Waals surface area contributed by atoms with E-state index in [0.717, 1.165) is 12.8 Å². The van der Waals surface area contributed by atoms with Crippen molar-refractivity contribution in [2.45, 2.75) is 45.6 Å². The van der Waals surface area contributed by atoms with E-state index >= 15 is 0 Å². The Kier molecular flexibility index (Phi) is 5.10. The summed E-state index contributed by atoms with van der Waals surface area (Å²) in [6.07, 6.45) is 2.37. The number of nitrogens with one attached hydrogen (secondary N) is 1. The molecular formula is C15H21NO3. The minimum Gasteiger partial charge on any atom is -0.480 e. The van der Waals surface area contributed by atoms with Gasteiger partial charge in [-0.05, 0) is 37.5 Å². The molecule has 0 bridgehead atoms. The molecule has 1 aromatic carbocycles. The molecule has 1 rings (SSSR count). The second-order valence-electron chi connectivity index (χ2n) is 4.89. The number of hydrogen-bond acceptors (Lipinski definition) is 2. The third-order valence-corrected chi connectivity index (χ3v) is 3.32. The van der Waals surface area contributed by atoms with E-state index in [-0.39, 0.29) is 5.91 Å². The van der Waals surface area contributed by atoms with Crippen molar-refractivity contribution in [2.75, 3.05) is 0 Å². The van der Waals surface area contributed by atoms with Crippen LogP contribution in [0, 0.1) is 0 Å². The Morgan fingerprint density at radius 1 is 1.21 bits per heavy atom. The molecule has 0 aliphatic rings. The van der Waals surface area contributed by atoms with Gasteiger partial charge in [0.25, 0.3) is 5.91 Å². The van der Waals surface area contributed by atoms with E-state index in [1.807, 2.05) is 12.1 Å². The van der Waals surface area contributed by atoms with Crippen LogP contribution < -0.4 is 5.32 Å². The van der Waals surface area contributed by atoms with Crippen LogP contribution in [0.2, 0.25) is 0 Å². The average Bonchev–Trinajstić information content (AvgIpc) is 2.39. The molecule has 1 amide bonds. The Balaban J connectivity index is 2.80. The molecule has 0 saturated carbocycles. The lowest BCUT2D eigenvalue weighted by molar-refractivity contribution is -0.143. The lowest BCUT2D eigenvalue weighted by atomic mass is 9.98. The number of carboxylic acids is 1. The van der Waals surface area contributed by atoms with Crippen molar-refractivity contribution in [3.63, 3.8) is 0 Å². The van der Waals surface area contributed by atoms with Gasteiger partial charge in [0.1, 0.15) is 5.54 Å². The van der Waals surface area contributed by atoms with Crippen LogP contribution in [-0.2, 0) is 11.2 Å². The number of carboxylic acid groups (broad SMARTS) is 1. The van der Waals surface area contributed by atoms with E-state index in [4.69, 9.17) is 5.11 Å². The van der Waals surface area contributed by atoms with Gasteiger partial charge in [-0.15, -0.1) is 0 Å². The van der Waals surface area contributed by atoms with Crippen LogP contribution in [0.5, 0.6) is 0 Å². The van der Waals surface area contributed by atoms with Crippen LogP contribution in [0.4, 0.5) is 0 Å². The zero-order valence-electron chi connectivity index (χ0n) is 11.7. The van der Waals surface area contributed by atoms with Crippen molar-refractivity contribution in [1.29, 1.82) is 0 Å². The van der Waals surface area contributed by atoms with Gasteiger partial charge in [-0.2, -0.15) is 0 Å². The van der Waals surface area contributed by atoms with Crippen molar-refractivity contribution < 1.29 is 14.7 Å². The number of benzene rings is 1. The van der Waals surface area contributed by atoms with Crippen LogP contribution in [0.15, 0.2) is 24.3 Å². The summed E-state index contributed by atoms with van der Waals surface area (Å²) in [5.41, 5.74) is 0.440. The summed E-state index contributed by atoms with van der Waals surface area (Å²) in [4.78, 5) is 23.2. The van der Waals surface area contributed by atoms with Crippen molar-refractivity contribution in [1.82, 2.24) is 5.32 Å². The van der Waals surface area contributed by atoms with Gasteiger partial charge in [-0.1, -0.05) is 32.4 Å². The first-order chi connectivity index (χ1) is 8.92. The van der Waals surface area contributed by atoms with Crippen molar-refractivity contribution in [2.24, 2.45) is 0 Å². The normalized spacial score (nSPS) is 13.6. The number of carbonyl (C=O) groups is 2. The summed E-state index contributed by atoms with van der Waals surface area (Å²) in [5, 5.41) is 11.7. The van der Waals surface area contributed by atoms with Crippen molar-refractivity contribution in [3.05, 3.63) is 35.4 Å². The molecule has 4 nitrogen and oxygen atoms in total. The Labute approximate surface area is 113 Å². The molecule has 0 aliphatic carbocycles. The molecule has 0 aliphatic heterocycles. The number of amides is 1. The zero-order chi connectivity index (χ0) is 14.5. The minimum atomic E-state index is -1.22. The Bertz CT molecular complexity index is 453. The maximum absolute atomic E-state index is 12.0. The van der Waals surface area contributed by atoms with Crippen LogP contribution in [0.25, 0.3) is 0 Å². The summed E-state index contributed by atoms with van der Waals surface area (Å²) in [7, 11) is 0. The second-order valence-corrected chi connectivity index (χ2v) is 4.89. The van der Waals surface area contributed by atoms with Crippen molar-refractivity contribution in [3.8, 4) is 0 Å². The van der Waals surface area contributed by atoms with E-state index in [1.165, 1.54) is 12.5 Å². The lowest BCUT2D eigenvalue weighted by Gasteiger charge is -2.24. The minimum absolute atomic E-state index is 0.335. The standard InChI is InChI=1S/C15H21NO3/c1-4-6-11-7-9-12(10-8-11)13(17)16-15(3,5-2)14(18)19/h7-10H,4-6H2,1-3H3,(H,16,17)(H,18,19). The highest BCUT2D eigenvalue weighted by Crippen LogP contribution is 2.12. The number of aliphatic carboxylic acids is 1. The van der Waals surface area contributed by atoms with Crippen LogP contribution in [-0.4, -0.2) is 22.5 Å². The summed E-state index contributed by atoms with van der Waals surface area (Å²) < 4.78 is 0. The van der Waals surface area contributed by atoms with E-state index in [0.29, 0.717) is 12.0 Å². The van der Waals surface area contributed by atoms with Gasteiger partial charge < -0.3 is 10.4 Å². The topological polar surface area (TPSA) is 66.4 Å². The summed E-state index contributed by atoms with van der Waals surface area (Å²) in [6, 6.07) is 7.28. The average molecular weight is 263 g/mol. The molecule has 19 heavy (non-hydrogen) atoms. The van der Waals surface area contributed by atoms with Gasteiger partial charge in [-0.3, -0.25) is 4.79 Å². The van der Waals surface area contributed by atoms with E-state index in [9.17, 15) is 9.59 Å². The van der Waals surface area contributed by atoms with Gasteiger partial charge in [0.05, 0.1) is 0 Å². The smallest absolute Gasteiger partial charge is 0.329 e. The molecule has 0 fully saturated rings. The molecule has 1 aromatic rings. The monoisotopic (exact) mass is 263 g/mol. The Hall–Kier alpha value is -1.84. The van der Waals surface area contributed by atoms with E-state index < -0.39 is 11.5 Å². The van der Waals surface area contributed by atoms with E-state index in [1.54, 1.807) is 19.1 Å². The predicted octanol–water partition coefficient (Wildman–Crippen LogP) is 2.62. The highest BCUT2D eigenvalue weighted by atomic mass is 16.4. The molecule has 104 valence electrons. The highest BCUT2D eigenvalue weighted by Gasteiger charge is 2.32. The van der Waals surface area contributed by atoms with Gasteiger partial charge in [0.2, 0.25) is 0 Å². The molecule has 0 aromatic heterocycles. The molecule has 1 atom stereocenters.